The highest BCUT2D eigenvalue weighted by Crippen LogP contribution is 2.18. The van der Waals surface area contributed by atoms with Crippen molar-refractivity contribution >= 4 is 40.9 Å². The second-order valence-electron chi connectivity index (χ2n) is 4.64. The molecule has 0 aliphatic carbocycles. The lowest BCUT2D eigenvalue weighted by molar-refractivity contribution is 0.0707. The summed E-state index contributed by atoms with van der Waals surface area (Å²) >= 11 is 2.21. The molecule has 0 spiro atoms. The molecular weight excluding hydrogens is 363 g/mol. The molecule has 1 aliphatic rings. The quantitative estimate of drug-likeness (QED) is 0.761. The zero-order valence-corrected chi connectivity index (χ0v) is 13.3. The first-order valence-corrected chi connectivity index (χ1v) is 6.97. The summed E-state index contributed by atoms with van der Waals surface area (Å²) in [5, 5.41) is 0. The van der Waals surface area contributed by atoms with Crippen molar-refractivity contribution in [3.05, 3.63) is 32.9 Å². The van der Waals surface area contributed by atoms with Crippen molar-refractivity contribution in [1.29, 1.82) is 0 Å². The first-order valence-electron chi connectivity index (χ1n) is 5.89. The van der Waals surface area contributed by atoms with Crippen LogP contribution < -0.4 is 5.73 Å². The number of halogens is 2. The summed E-state index contributed by atoms with van der Waals surface area (Å²) in [4.78, 5) is 14.3. The Morgan fingerprint density at radius 2 is 2.22 bits per heavy atom. The van der Waals surface area contributed by atoms with E-state index in [0.29, 0.717) is 6.54 Å². The molecule has 100 valence electrons. The molecule has 1 unspecified atom stereocenters. The summed E-state index contributed by atoms with van der Waals surface area (Å²) < 4.78 is 1.01. The number of nitrogens with two attached hydrogens (primary N) is 1. The number of amides is 1. The third-order valence-corrected chi connectivity index (χ3v) is 4.04. The van der Waals surface area contributed by atoms with Gasteiger partial charge in [-0.05, 0) is 54.5 Å². The molecule has 1 aromatic carbocycles. The number of aryl methyl sites for hydroxylation is 1. The Bertz CT molecular complexity index is 439. The molecule has 1 aliphatic heterocycles. The summed E-state index contributed by atoms with van der Waals surface area (Å²) in [6.45, 7) is 3.52. The molecule has 0 bridgehead atoms. The normalized spacial score (nSPS) is 19.3. The van der Waals surface area contributed by atoms with Crippen LogP contribution in [0.25, 0.3) is 0 Å². The van der Waals surface area contributed by atoms with Crippen LogP contribution >= 0.6 is 35.0 Å². The van der Waals surface area contributed by atoms with E-state index < -0.39 is 0 Å². The van der Waals surface area contributed by atoms with E-state index in [4.69, 9.17) is 5.73 Å². The molecule has 1 saturated heterocycles. The largest absolute Gasteiger partial charge is 0.337 e. The molecule has 18 heavy (non-hydrogen) atoms. The Balaban J connectivity index is 0.00000162. The number of piperidine rings is 1. The minimum absolute atomic E-state index is 0. The van der Waals surface area contributed by atoms with Crippen LogP contribution in [0.5, 0.6) is 0 Å². The van der Waals surface area contributed by atoms with Crippen LogP contribution in [0.3, 0.4) is 0 Å². The molecule has 1 heterocycles. The monoisotopic (exact) mass is 380 g/mol. The van der Waals surface area contributed by atoms with E-state index in [9.17, 15) is 4.79 Å². The molecule has 1 fully saturated rings. The van der Waals surface area contributed by atoms with Gasteiger partial charge in [-0.1, -0.05) is 11.6 Å². The zero-order chi connectivity index (χ0) is 12.4. The maximum Gasteiger partial charge on any atom is 0.254 e. The van der Waals surface area contributed by atoms with Crippen LogP contribution in [0, 0.1) is 10.5 Å². The third-order valence-electron chi connectivity index (χ3n) is 3.10. The van der Waals surface area contributed by atoms with Crippen LogP contribution in [0.4, 0.5) is 0 Å². The average Bonchev–Trinajstić information content (AvgIpc) is 2.31. The van der Waals surface area contributed by atoms with Gasteiger partial charge in [-0.15, -0.1) is 12.4 Å². The number of carbonyl (C=O) groups is 1. The van der Waals surface area contributed by atoms with Crippen LogP contribution in [0.1, 0.15) is 28.8 Å². The Kier molecular flexibility index (Phi) is 5.88. The van der Waals surface area contributed by atoms with Crippen molar-refractivity contribution in [3.8, 4) is 0 Å². The Hall–Kier alpha value is -0.330. The maximum atomic E-state index is 12.4. The van der Waals surface area contributed by atoms with Gasteiger partial charge in [0.15, 0.2) is 0 Å². The number of likely N-dealkylation sites (tertiary alicyclic amines) is 1. The van der Waals surface area contributed by atoms with Gasteiger partial charge in [0.05, 0.1) is 5.56 Å². The van der Waals surface area contributed by atoms with Gasteiger partial charge in [-0.25, -0.2) is 0 Å². The second-order valence-corrected chi connectivity index (χ2v) is 5.80. The van der Waals surface area contributed by atoms with Crippen molar-refractivity contribution in [3.63, 3.8) is 0 Å². The Morgan fingerprint density at radius 1 is 1.50 bits per heavy atom. The summed E-state index contributed by atoms with van der Waals surface area (Å²) in [5.41, 5.74) is 7.84. The number of hydrogen-bond acceptors (Lipinski definition) is 2. The lowest BCUT2D eigenvalue weighted by atomic mass is 10.0. The van der Waals surface area contributed by atoms with Crippen LogP contribution in [0.15, 0.2) is 18.2 Å². The lowest BCUT2D eigenvalue weighted by Gasteiger charge is -2.31. The molecule has 1 atom stereocenters. The average molecular weight is 381 g/mol. The first kappa shape index (κ1) is 15.7. The van der Waals surface area contributed by atoms with Crippen molar-refractivity contribution in [2.75, 3.05) is 13.1 Å². The van der Waals surface area contributed by atoms with Gasteiger partial charge in [-0.2, -0.15) is 0 Å². The summed E-state index contributed by atoms with van der Waals surface area (Å²) in [6, 6.07) is 6.12. The fraction of sp³-hybridized carbons (Fsp3) is 0.462. The molecule has 0 radical (unpaired) electrons. The number of hydrogen-bond donors (Lipinski definition) is 1. The lowest BCUT2D eigenvalue weighted by Crippen LogP contribution is -2.45. The first-order chi connectivity index (χ1) is 8.08. The smallest absolute Gasteiger partial charge is 0.254 e. The van der Waals surface area contributed by atoms with E-state index in [-0.39, 0.29) is 24.4 Å². The van der Waals surface area contributed by atoms with E-state index in [0.717, 1.165) is 34.1 Å². The topological polar surface area (TPSA) is 46.3 Å². The predicted molar refractivity (Wildman–Crippen MR) is 84.3 cm³/mol. The third kappa shape index (κ3) is 3.59. The van der Waals surface area contributed by atoms with Crippen LogP contribution in [0.2, 0.25) is 0 Å². The Labute approximate surface area is 128 Å². The molecule has 0 aromatic heterocycles. The minimum atomic E-state index is 0. The van der Waals surface area contributed by atoms with Gasteiger partial charge in [0.2, 0.25) is 0 Å². The predicted octanol–water partition coefficient (Wildman–Crippen LogP) is 2.58. The maximum absolute atomic E-state index is 12.4. The Morgan fingerprint density at radius 3 is 2.89 bits per heavy atom. The van der Waals surface area contributed by atoms with Crippen molar-refractivity contribution in [2.45, 2.75) is 25.8 Å². The molecule has 2 N–H and O–H groups in total. The summed E-state index contributed by atoms with van der Waals surface area (Å²) in [7, 11) is 0. The fourth-order valence-electron chi connectivity index (χ4n) is 2.17. The number of carbonyl (C=O) groups excluding carboxylic acids is 1. The number of rotatable bonds is 1. The number of nitrogens with zero attached hydrogens (tertiary/aromatic N) is 1. The summed E-state index contributed by atoms with van der Waals surface area (Å²) in [5.74, 6) is 0.119. The SMILES string of the molecule is Cc1ccc(I)c(C(=O)N2CCCC(N)C2)c1.Cl. The number of benzene rings is 1. The van der Waals surface area contributed by atoms with Gasteiger partial charge in [0.1, 0.15) is 0 Å². The molecule has 0 saturated carbocycles. The highest BCUT2D eigenvalue weighted by Gasteiger charge is 2.23. The minimum Gasteiger partial charge on any atom is -0.337 e. The van der Waals surface area contributed by atoms with Crippen LogP contribution in [-0.2, 0) is 0 Å². The molecule has 1 amide bonds. The van der Waals surface area contributed by atoms with Crippen molar-refractivity contribution < 1.29 is 4.79 Å². The molecule has 1 aromatic rings. The standard InChI is InChI=1S/C13H17IN2O.ClH/c1-9-4-5-12(14)11(7-9)13(17)16-6-2-3-10(15)8-16;/h4-5,7,10H,2-3,6,8,15H2,1H3;1H. The van der Waals surface area contributed by atoms with E-state index in [2.05, 4.69) is 22.6 Å². The molecule has 2 rings (SSSR count). The zero-order valence-electron chi connectivity index (χ0n) is 10.4. The molecule has 3 nitrogen and oxygen atoms in total. The van der Waals surface area contributed by atoms with E-state index in [1.54, 1.807) is 0 Å². The molecular formula is C13H18ClIN2O. The van der Waals surface area contributed by atoms with Gasteiger partial charge >= 0.3 is 0 Å². The van der Waals surface area contributed by atoms with E-state index >= 15 is 0 Å². The van der Waals surface area contributed by atoms with Gasteiger partial charge in [-0.3, -0.25) is 4.79 Å². The second kappa shape index (κ2) is 6.73. The van der Waals surface area contributed by atoms with E-state index in [1.807, 2.05) is 30.0 Å². The summed E-state index contributed by atoms with van der Waals surface area (Å²) in [6.07, 6.45) is 2.03. The van der Waals surface area contributed by atoms with Gasteiger partial charge in [0, 0.05) is 22.7 Å². The van der Waals surface area contributed by atoms with Gasteiger partial charge in [0.25, 0.3) is 5.91 Å². The molecule has 5 heteroatoms. The van der Waals surface area contributed by atoms with Crippen molar-refractivity contribution in [1.82, 2.24) is 4.90 Å². The van der Waals surface area contributed by atoms with Crippen molar-refractivity contribution in [2.24, 2.45) is 5.73 Å². The van der Waals surface area contributed by atoms with Crippen LogP contribution in [-0.4, -0.2) is 29.9 Å². The highest BCUT2D eigenvalue weighted by molar-refractivity contribution is 14.1. The fourth-order valence-corrected chi connectivity index (χ4v) is 2.73. The van der Waals surface area contributed by atoms with Gasteiger partial charge < -0.3 is 10.6 Å². The highest BCUT2D eigenvalue weighted by atomic mass is 127. The van der Waals surface area contributed by atoms with E-state index in [1.165, 1.54) is 0 Å².